The largest absolute Gasteiger partial charge is 0.256 e. The molecule has 96 valence electrons. The minimum absolute atomic E-state index is 0.959. The molecule has 0 unspecified atom stereocenters. The second-order valence-electron chi connectivity index (χ2n) is 5.50. The molecule has 19 heavy (non-hydrogen) atoms. The number of benzene rings is 2. The Morgan fingerprint density at radius 2 is 1.84 bits per heavy atom. The molecule has 0 aliphatic carbocycles. The van der Waals surface area contributed by atoms with Crippen LogP contribution in [-0.4, -0.2) is 22.8 Å². The molecule has 1 heterocycles. The molecule has 0 saturated carbocycles. The monoisotopic (exact) mass is 267 g/mol. The first-order valence-electron chi connectivity index (χ1n) is 6.47. The zero-order valence-corrected chi connectivity index (χ0v) is 12.2. The molecule has 0 aliphatic heterocycles. The lowest BCUT2D eigenvalue weighted by molar-refractivity contribution is 0.725. The van der Waals surface area contributed by atoms with E-state index in [1.165, 1.54) is 16.0 Å². The number of hydrogen-bond acceptors (Lipinski definition) is 2. The molecule has 4 heteroatoms. The molecule has 0 radical (unpaired) electrons. The van der Waals surface area contributed by atoms with E-state index in [-0.39, 0.29) is 0 Å². The van der Waals surface area contributed by atoms with Gasteiger partial charge in [0, 0.05) is 6.17 Å². The third-order valence-corrected chi connectivity index (χ3v) is 6.55. The molecule has 0 spiro atoms. The van der Waals surface area contributed by atoms with E-state index in [9.17, 15) is 0 Å². The summed E-state index contributed by atoms with van der Waals surface area (Å²) in [6, 6.07) is 15.2. The van der Waals surface area contributed by atoms with Crippen molar-refractivity contribution >= 4 is 24.0 Å². The van der Waals surface area contributed by atoms with Crippen LogP contribution >= 0.6 is 0 Å². The highest BCUT2D eigenvalue weighted by Gasteiger charge is 2.26. The van der Waals surface area contributed by atoms with Gasteiger partial charge in [-0.1, -0.05) is 60.7 Å². The zero-order chi connectivity index (χ0) is 13.3. The van der Waals surface area contributed by atoms with Gasteiger partial charge in [-0.15, -0.1) is 0 Å². The minimum atomic E-state index is -1.59. The Bertz CT molecular complexity index is 684. The van der Waals surface area contributed by atoms with Crippen molar-refractivity contribution in [3.05, 3.63) is 55.1 Å². The van der Waals surface area contributed by atoms with Crippen molar-refractivity contribution in [2.45, 2.75) is 19.3 Å². The summed E-state index contributed by atoms with van der Waals surface area (Å²) in [4.78, 5) is 4.04. The van der Waals surface area contributed by atoms with Gasteiger partial charge in [-0.05, 0) is 10.8 Å². The molecule has 3 aromatic rings. The number of hydrogen-bond donors (Lipinski definition) is 0. The lowest BCUT2D eigenvalue weighted by Gasteiger charge is -2.24. The fraction of sp³-hybridized carbons (Fsp3) is 0.200. The maximum absolute atomic E-state index is 4.25. The Hall–Kier alpha value is -1.94. The molecular weight excluding hydrogens is 250 g/mol. The molecule has 0 fully saturated rings. The Labute approximate surface area is 113 Å². The molecule has 3 rings (SSSR count). The summed E-state index contributed by atoms with van der Waals surface area (Å²) in [5, 5.41) is 8.43. The van der Waals surface area contributed by atoms with Crippen LogP contribution in [0.25, 0.3) is 10.8 Å². The van der Waals surface area contributed by atoms with Gasteiger partial charge >= 0.3 is 0 Å². The number of fused-ring (bicyclic) bond motifs is 1. The smallest absolute Gasteiger partial charge is 0.137 e. The van der Waals surface area contributed by atoms with Crippen molar-refractivity contribution in [3.8, 4) is 0 Å². The van der Waals surface area contributed by atoms with Crippen molar-refractivity contribution < 1.29 is 0 Å². The zero-order valence-electron chi connectivity index (χ0n) is 11.2. The summed E-state index contributed by atoms with van der Waals surface area (Å²) in [6.45, 7) is 4.77. The standard InChI is InChI=1S/C15H17N3Si/c1-19(2,12-18-11-16-10-17-18)15-9-5-7-13-6-3-4-8-14(13)15/h3-11H,12H2,1-2H3. The number of aromatic nitrogens is 3. The molecule has 0 aliphatic rings. The van der Waals surface area contributed by atoms with Crippen LogP contribution in [0.2, 0.25) is 13.1 Å². The van der Waals surface area contributed by atoms with Gasteiger partial charge in [-0.3, -0.25) is 4.68 Å². The quantitative estimate of drug-likeness (QED) is 0.683. The van der Waals surface area contributed by atoms with E-state index in [2.05, 4.69) is 65.6 Å². The summed E-state index contributed by atoms with van der Waals surface area (Å²) < 4.78 is 1.95. The average Bonchev–Trinajstić information content (AvgIpc) is 2.90. The maximum atomic E-state index is 4.25. The molecule has 0 amide bonds. The van der Waals surface area contributed by atoms with Gasteiger partial charge in [0.15, 0.2) is 0 Å². The Morgan fingerprint density at radius 1 is 1.05 bits per heavy atom. The Balaban J connectivity index is 2.07. The second-order valence-corrected chi connectivity index (χ2v) is 10.1. The second kappa shape index (κ2) is 4.62. The highest BCUT2D eigenvalue weighted by atomic mass is 28.3. The van der Waals surface area contributed by atoms with E-state index < -0.39 is 8.07 Å². The van der Waals surface area contributed by atoms with E-state index in [1.807, 2.05) is 4.68 Å². The van der Waals surface area contributed by atoms with Crippen molar-refractivity contribution in [1.82, 2.24) is 14.8 Å². The third kappa shape index (κ3) is 2.31. The normalized spacial score (nSPS) is 11.9. The molecule has 2 aromatic carbocycles. The molecule has 1 aromatic heterocycles. The van der Waals surface area contributed by atoms with Crippen LogP contribution in [0.4, 0.5) is 0 Å². The summed E-state index contributed by atoms with van der Waals surface area (Å²) in [5.74, 6) is 0. The molecule has 0 bridgehead atoms. The average molecular weight is 267 g/mol. The van der Waals surface area contributed by atoms with E-state index in [1.54, 1.807) is 12.7 Å². The van der Waals surface area contributed by atoms with Crippen LogP contribution in [0.3, 0.4) is 0 Å². The van der Waals surface area contributed by atoms with Gasteiger partial charge in [0.2, 0.25) is 0 Å². The fourth-order valence-electron chi connectivity index (χ4n) is 2.62. The highest BCUT2D eigenvalue weighted by Crippen LogP contribution is 2.16. The van der Waals surface area contributed by atoms with Crippen LogP contribution in [-0.2, 0) is 6.17 Å². The van der Waals surface area contributed by atoms with E-state index in [4.69, 9.17) is 0 Å². The lowest BCUT2D eigenvalue weighted by atomic mass is 10.1. The SMILES string of the molecule is C[Si](C)(Cn1cncn1)c1cccc2ccccc12. The van der Waals surface area contributed by atoms with Gasteiger partial charge in [-0.2, -0.15) is 5.10 Å². The van der Waals surface area contributed by atoms with Gasteiger partial charge in [0.05, 0.1) is 0 Å². The molecule has 0 saturated heterocycles. The van der Waals surface area contributed by atoms with Crippen molar-refractivity contribution in [3.63, 3.8) is 0 Å². The highest BCUT2D eigenvalue weighted by molar-refractivity contribution is 6.90. The maximum Gasteiger partial charge on any atom is 0.137 e. The summed E-state index contributed by atoms with van der Waals surface area (Å²) in [5.41, 5.74) is 0. The topological polar surface area (TPSA) is 30.7 Å². The van der Waals surface area contributed by atoms with Crippen molar-refractivity contribution in [1.29, 1.82) is 0 Å². The third-order valence-electron chi connectivity index (χ3n) is 3.54. The summed E-state index contributed by atoms with van der Waals surface area (Å²) >= 11 is 0. The van der Waals surface area contributed by atoms with Gasteiger partial charge in [0.25, 0.3) is 0 Å². The van der Waals surface area contributed by atoms with Crippen molar-refractivity contribution in [2.75, 3.05) is 0 Å². The Morgan fingerprint density at radius 3 is 2.63 bits per heavy atom. The molecular formula is C15H17N3Si. The number of nitrogens with zero attached hydrogens (tertiary/aromatic N) is 3. The number of rotatable bonds is 3. The molecule has 0 N–H and O–H groups in total. The van der Waals surface area contributed by atoms with E-state index >= 15 is 0 Å². The van der Waals surface area contributed by atoms with Gasteiger partial charge < -0.3 is 0 Å². The lowest BCUT2D eigenvalue weighted by Crippen LogP contribution is -2.46. The molecule has 3 nitrogen and oxygen atoms in total. The first kappa shape index (κ1) is 12.1. The van der Waals surface area contributed by atoms with E-state index in [0.29, 0.717) is 0 Å². The van der Waals surface area contributed by atoms with E-state index in [0.717, 1.165) is 6.17 Å². The first-order valence-corrected chi connectivity index (χ1v) is 9.68. The van der Waals surface area contributed by atoms with Gasteiger partial charge in [-0.25, -0.2) is 4.98 Å². The fourth-order valence-corrected chi connectivity index (χ4v) is 5.27. The van der Waals surface area contributed by atoms with Crippen LogP contribution in [0.1, 0.15) is 0 Å². The van der Waals surface area contributed by atoms with Crippen LogP contribution in [0, 0.1) is 0 Å². The summed E-state index contributed by atoms with van der Waals surface area (Å²) in [7, 11) is -1.59. The predicted octanol–water partition coefficient (Wildman–Crippen LogP) is 2.59. The molecule has 0 atom stereocenters. The van der Waals surface area contributed by atoms with Crippen LogP contribution in [0.15, 0.2) is 55.1 Å². The van der Waals surface area contributed by atoms with Crippen LogP contribution in [0.5, 0.6) is 0 Å². The van der Waals surface area contributed by atoms with Gasteiger partial charge in [0.1, 0.15) is 20.7 Å². The van der Waals surface area contributed by atoms with Crippen molar-refractivity contribution in [2.24, 2.45) is 0 Å². The minimum Gasteiger partial charge on any atom is -0.256 e. The summed E-state index contributed by atoms with van der Waals surface area (Å²) in [6.07, 6.45) is 4.37. The van der Waals surface area contributed by atoms with Crippen LogP contribution < -0.4 is 5.19 Å². The predicted molar refractivity (Wildman–Crippen MR) is 81.1 cm³/mol. The first-order chi connectivity index (χ1) is 9.17. The Kier molecular flexibility index (Phi) is 2.95.